The molecule has 0 fully saturated rings. The molecule has 0 bridgehead atoms. The lowest BCUT2D eigenvalue weighted by Crippen LogP contribution is -2.08. The summed E-state index contributed by atoms with van der Waals surface area (Å²) in [5.74, 6) is -1.24. The number of hydrogen-bond acceptors (Lipinski definition) is 6. The fourth-order valence-electron chi connectivity index (χ4n) is 1.24. The van der Waals surface area contributed by atoms with E-state index in [9.17, 15) is 9.18 Å². The van der Waals surface area contributed by atoms with Crippen LogP contribution in [0, 0.1) is 35.4 Å². The van der Waals surface area contributed by atoms with E-state index in [1.54, 1.807) is 0 Å². The predicted molar refractivity (Wildman–Crippen MR) is 64.8 cm³/mol. The maximum Gasteiger partial charge on any atom is 0.340 e. The van der Waals surface area contributed by atoms with Crippen molar-refractivity contribution < 1.29 is 13.9 Å². The number of benzene rings is 1. The molecule has 0 atom stereocenters. The third-order valence-electron chi connectivity index (χ3n) is 2.20. The van der Waals surface area contributed by atoms with E-state index in [1.165, 1.54) is 32.2 Å². The Bertz CT molecular complexity index is 610. The number of esters is 1. The maximum atomic E-state index is 13.4. The van der Waals surface area contributed by atoms with Crippen LogP contribution < -0.4 is 5.43 Å². The maximum absolute atomic E-state index is 13.4. The molecule has 0 aliphatic carbocycles. The van der Waals surface area contributed by atoms with E-state index < -0.39 is 17.5 Å². The summed E-state index contributed by atoms with van der Waals surface area (Å²) in [4.78, 5) is 11.5. The first-order valence-corrected chi connectivity index (χ1v) is 5.05. The molecule has 0 radical (unpaired) electrons. The molecule has 0 unspecified atom stereocenters. The summed E-state index contributed by atoms with van der Waals surface area (Å²) >= 11 is 0. The number of aryl methyl sites for hydroxylation is 1. The molecule has 7 heteroatoms. The normalized spacial score (nSPS) is 8.89. The van der Waals surface area contributed by atoms with Crippen molar-refractivity contribution in [1.29, 1.82) is 10.5 Å². The number of nitrogens with one attached hydrogen (secondary N) is 1. The molecule has 0 aliphatic rings. The average molecular weight is 260 g/mol. The number of hydrogen-bond donors (Lipinski definition) is 1. The fraction of sp³-hybridized carbons (Fsp3) is 0.167. The zero-order chi connectivity index (χ0) is 14.4. The number of ether oxygens (including phenoxy) is 1. The first-order valence-electron chi connectivity index (χ1n) is 5.05. The topological polar surface area (TPSA) is 98.3 Å². The van der Waals surface area contributed by atoms with E-state index in [0.29, 0.717) is 0 Å². The van der Waals surface area contributed by atoms with E-state index >= 15 is 0 Å². The number of methoxy groups -OCH3 is 1. The van der Waals surface area contributed by atoms with Crippen molar-refractivity contribution in [2.24, 2.45) is 5.10 Å². The van der Waals surface area contributed by atoms with Crippen LogP contribution in [0.5, 0.6) is 0 Å². The van der Waals surface area contributed by atoms with Gasteiger partial charge in [0.1, 0.15) is 18.0 Å². The number of hydrazone groups is 1. The van der Waals surface area contributed by atoms with Crippen LogP contribution in [0.3, 0.4) is 0 Å². The SMILES string of the molecule is COC(=O)c1cc(C)c(F)cc1NN=C(C#N)C#N. The molecule has 0 heterocycles. The minimum absolute atomic E-state index is 0.0120. The van der Waals surface area contributed by atoms with Crippen LogP contribution in [0.1, 0.15) is 15.9 Å². The smallest absolute Gasteiger partial charge is 0.340 e. The van der Waals surface area contributed by atoms with Crippen LogP contribution in [-0.4, -0.2) is 18.8 Å². The lowest BCUT2D eigenvalue weighted by atomic mass is 10.1. The number of nitrogens with zero attached hydrogens (tertiary/aromatic N) is 3. The van der Waals surface area contributed by atoms with Crippen LogP contribution in [0.25, 0.3) is 0 Å². The van der Waals surface area contributed by atoms with Crippen LogP contribution in [-0.2, 0) is 4.74 Å². The van der Waals surface area contributed by atoms with E-state index in [2.05, 4.69) is 15.3 Å². The van der Waals surface area contributed by atoms with Gasteiger partial charge >= 0.3 is 5.97 Å². The molecule has 0 aliphatic heterocycles. The zero-order valence-electron chi connectivity index (χ0n) is 10.2. The Morgan fingerprint density at radius 2 is 2.05 bits per heavy atom. The Labute approximate surface area is 108 Å². The van der Waals surface area contributed by atoms with E-state index in [1.807, 2.05) is 0 Å². The van der Waals surface area contributed by atoms with E-state index in [0.717, 1.165) is 6.07 Å². The van der Waals surface area contributed by atoms with Crippen LogP contribution >= 0.6 is 0 Å². The van der Waals surface area contributed by atoms with Gasteiger partial charge in [-0.15, -0.1) is 0 Å². The lowest BCUT2D eigenvalue weighted by Gasteiger charge is -2.08. The number of carbonyl (C=O) groups excluding carboxylic acids is 1. The summed E-state index contributed by atoms with van der Waals surface area (Å²) in [5.41, 5.74) is 2.18. The third kappa shape index (κ3) is 3.27. The minimum Gasteiger partial charge on any atom is -0.465 e. The molecule has 1 aromatic carbocycles. The third-order valence-corrected chi connectivity index (χ3v) is 2.20. The zero-order valence-corrected chi connectivity index (χ0v) is 10.2. The average Bonchev–Trinajstić information content (AvgIpc) is 2.42. The summed E-state index contributed by atoms with van der Waals surface area (Å²) in [6.45, 7) is 1.49. The number of halogens is 1. The van der Waals surface area contributed by atoms with Crippen LogP contribution in [0.15, 0.2) is 17.2 Å². The highest BCUT2D eigenvalue weighted by Gasteiger charge is 2.14. The molecule has 19 heavy (non-hydrogen) atoms. The van der Waals surface area contributed by atoms with Gasteiger partial charge in [-0.2, -0.15) is 15.6 Å². The first kappa shape index (κ1) is 14.1. The number of nitriles is 2. The molecule has 0 saturated carbocycles. The van der Waals surface area contributed by atoms with Gasteiger partial charge in [-0.1, -0.05) is 0 Å². The van der Waals surface area contributed by atoms with Gasteiger partial charge in [0, 0.05) is 0 Å². The quantitative estimate of drug-likeness (QED) is 0.507. The number of rotatable bonds is 3. The highest BCUT2D eigenvalue weighted by Crippen LogP contribution is 2.21. The number of anilines is 1. The predicted octanol–water partition coefficient (Wildman–Crippen LogP) is 1.74. The standard InChI is InChI=1S/C12H9FN4O2/c1-7-3-9(12(18)19-2)11(4-10(7)13)17-16-8(5-14)6-15/h3-4,17H,1-2H3. The minimum atomic E-state index is -0.684. The van der Waals surface area contributed by atoms with Crippen molar-refractivity contribution in [3.8, 4) is 12.1 Å². The van der Waals surface area contributed by atoms with Gasteiger partial charge in [0.05, 0.1) is 18.4 Å². The van der Waals surface area contributed by atoms with Crippen molar-refractivity contribution in [2.45, 2.75) is 6.92 Å². The largest absolute Gasteiger partial charge is 0.465 e. The van der Waals surface area contributed by atoms with Crippen LogP contribution in [0.4, 0.5) is 10.1 Å². The Hall–Kier alpha value is -2.93. The molecule has 0 amide bonds. The van der Waals surface area contributed by atoms with Crippen molar-refractivity contribution in [2.75, 3.05) is 12.5 Å². The van der Waals surface area contributed by atoms with Gasteiger partial charge in [0.25, 0.3) is 0 Å². The molecule has 96 valence electrons. The molecule has 6 nitrogen and oxygen atoms in total. The van der Waals surface area contributed by atoms with Gasteiger partial charge in [0.2, 0.25) is 5.71 Å². The second-order valence-electron chi connectivity index (χ2n) is 3.43. The molecular weight excluding hydrogens is 251 g/mol. The molecule has 1 rings (SSSR count). The fourth-order valence-corrected chi connectivity index (χ4v) is 1.24. The summed E-state index contributed by atoms with van der Waals surface area (Å²) in [5, 5.41) is 20.5. The number of carbonyl (C=O) groups is 1. The molecule has 0 aromatic heterocycles. The van der Waals surface area contributed by atoms with Gasteiger partial charge in [-0.05, 0) is 24.6 Å². The first-order chi connectivity index (χ1) is 9.03. The highest BCUT2D eigenvalue weighted by atomic mass is 19.1. The monoisotopic (exact) mass is 260 g/mol. The van der Waals surface area contributed by atoms with Gasteiger partial charge in [0.15, 0.2) is 0 Å². The van der Waals surface area contributed by atoms with E-state index in [4.69, 9.17) is 10.5 Å². The van der Waals surface area contributed by atoms with Gasteiger partial charge < -0.3 is 4.74 Å². The van der Waals surface area contributed by atoms with Gasteiger partial charge in [-0.3, -0.25) is 5.43 Å². The van der Waals surface area contributed by atoms with Crippen molar-refractivity contribution in [3.63, 3.8) is 0 Å². The second kappa shape index (κ2) is 6.12. The lowest BCUT2D eigenvalue weighted by molar-refractivity contribution is 0.0601. The van der Waals surface area contributed by atoms with Crippen molar-refractivity contribution >= 4 is 17.4 Å². The summed E-state index contributed by atoms with van der Waals surface area (Å²) in [7, 11) is 1.18. The Kier molecular flexibility index (Phi) is 4.56. The van der Waals surface area contributed by atoms with Crippen molar-refractivity contribution in [3.05, 3.63) is 29.1 Å². The summed E-state index contributed by atoms with van der Waals surface area (Å²) in [6.07, 6.45) is 0. The molecule has 0 saturated heterocycles. The molecule has 1 aromatic rings. The summed E-state index contributed by atoms with van der Waals surface area (Å²) < 4.78 is 18.0. The second-order valence-corrected chi connectivity index (χ2v) is 3.43. The van der Waals surface area contributed by atoms with Crippen molar-refractivity contribution in [1.82, 2.24) is 0 Å². The molecule has 0 spiro atoms. The summed E-state index contributed by atoms with van der Waals surface area (Å²) in [6, 6.07) is 5.38. The molecule has 1 N–H and O–H groups in total. The highest BCUT2D eigenvalue weighted by molar-refractivity contribution is 6.10. The Morgan fingerprint density at radius 3 is 2.58 bits per heavy atom. The van der Waals surface area contributed by atoms with Gasteiger partial charge in [-0.25, -0.2) is 9.18 Å². The van der Waals surface area contributed by atoms with E-state index in [-0.39, 0.29) is 16.8 Å². The van der Waals surface area contributed by atoms with Crippen LogP contribution in [0.2, 0.25) is 0 Å². The Balaban J connectivity index is 3.23. The molecular formula is C12H9FN4O2. The Morgan fingerprint density at radius 1 is 1.42 bits per heavy atom.